The highest BCUT2D eigenvalue weighted by Crippen LogP contribution is 2.13. The van der Waals surface area contributed by atoms with Gasteiger partial charge >= 0.3 is 0 Å². The van der Waals surface area contributed by atoms with Gasteiger partial charge < -0.3 is 0 Å². The Labute approximate surface area is 72.4 Å². The highest BCUT2D eigenvalue weighted by molar-refractivity contribution is 6.84. The minimum Gasteiger partial charge on any atom is -0.135 e. The molecule has 64 valence electrons. The van der Waals surface area contributed by atoms with E-state index in [-0.39, 0.29) is 0 Å². The molecule has 0 radical (unpaired) electrons. The molecule has 0 unspecified atom stereocenters. The van der Waals surface area contributed by atoms with Crippen molar-refractivity contribution in [2.75, 3.05) is 0 Å². The maximum Gasteiger partial charge on any atom is 0.132 e. The molecule has 0 aliphatic rings. The Morgan fingerprint density at radius 3 is 2.27 bits per heavy atom. The van der Waals surface area contributed by atoms with Crippen molar-refractivity contribution < 1.29 is 0 Å². The molecule has 0 fully saturated rings. The molecule has 0 aromatic rings. The van der Waals surface area contributed by atoms with Gasteiger partial charge in [0.15, 0.2) is 0 Å². The molecule has 0 saturated heterocycles. The van der Waals surface area contributed by atoms with E-state index in [1.54, 1.807) is 0 Å². The monoisotopic (exact) mass is 168 g/mol. The van der Waals surface area contributed by atoms with Crippen molar-refractivity contribution in [2.24, 2.45) is 0 Å². The number of rotatable bonds is 5. The Balaban J connectivity index is 3.32. The topological polar surface area (TPSA) is 0 Å². The van der Waals surface area contributed by atoms with Crippen molar-refractivity contribution in [2.45, 2.75) is 51.7 Å². The largest absolute Gasteiger partial charge is 0.135 e. The second-order valence-corrected chi connectivity index (χ2v) is 8.40. The zero-order chi connectivity index (χ0) is 8.74. The van der Waals surface area contributed by atoms with Gasteiger partial charge in [0.05, 0.1) is 0 Å². The molecule has 0 aliphatic carbocycles. The highest BCUT2D eigenvalue weighted by atomic mass is 28.3. The Morgan fingerprint density at radius 2 is 1.82 bits per heavy atom. The Morgan fingerprint density at radius 1 is 1.18 bits per heavy atom. The summed E-state index contributed by atoms with van der Waals surface area (Å²) in [4.78, 5) is 0. The van der Waals surface area contributed by atoms with Gasteiger partial charge in [0.2, 0.25) is 0 Å². The van der Waals surface area contributed by atoms with E-state index in [2.05, 4.69) is 25.6 Å². The summed E-state index contributed by atoms with van der Waals surface area (Å²) in [5.41, 5.74) is 2.96. The van der Waals surface area contributed by atoms with Crippen LogP contribution in [-0.4, -0.2) is 8.07 Å². The van der Waals surface area contributed by atoms with E-state index in [0.29, 0.717) is 0 Å². The van der Waals surface area contributed by atoms with Crippen molar-refractivity contribution in [1.82, 2.24) is 0 Å². The van der Waals surface area contributed by atoms with Crippen molar-refractivity contribution >= 4 is 8.07 Å². The van der Waals surface area contributed by atoms with Crippen molar-refractivity contribution in [1.29, 1.82) is 0 Å². The van der Waals surface area contributed by atoms with Gasteiger partial charge in [-0.25, -0.2) is 0 Å². The van der Waals surface area contributed by atoms with Crippen LogP contribution in [0.15, 0.2) is 0 Å². The van der Waals surface area contributed by atoms with E-state index in [4.69, 9.17) is 6.42 Å². The van der Waals surface area contributed by atoms with Gasteiger partial charge in [0.1, 0.15) is 8.07 Å². The van der Waals surface area contributed by atoms with Crippen molar-refractivity contribution in [3.05, 3.63) is 0 Å². The normalized spacial score (nSPS) is 11.1. The second kappa shape index (κ2) is 5.43. The third-order valence-corrected chi connectivity index (χ3v) is 4.43. The van der Waals surface area contributed by atoms with E-state index < -0.39 is 8.07 Å². The third kappa shape index (κ3) is 6.19. The van der Waals surface area contributed by atoms with Crippen molar-refractivity contribution in [3.63, 3.8) is 0 Å². The lowest BCUT2D eigenvalue weighted by Crippen LogP contribution is -2.22. The summed E-state index contributed by atoms with van der Waals surface area (Å²) in [6.07, 6.45) is 10.8. The summed E-state index contributed by atoms with van der Waals surface area (Å²) in [5, 5.41) is 0. The number of hydrogen-bond donors (Lipinski definition) is 0. The van der Waals surface area contributed by atoms with Crippen LogP contribution in [0.25, 0.3) is 0 Å². The zero-order valence-corrected chi connectivity index (χ0v) is 9.11. The molecule has 0 heterocycles. The van der Waals surface area contributed by atoms with Crippen LogP contribution < -0.4 is 0 Å². The van der Waals surface area contributed by atoms with Crippen LogP contribution in [0.5, 0.6) is 0 Å². The Kier molecular flexibility index (Phi) is 5.32. The maximum atomic E-state index is 5.43. The van der Waals surface area contributed by atoms with E-state index in [0.717, 1.165) is 0 Å². The van der Waals surface area contributed by atoms with Gasteiger partial charge in [0.25, 0.3) is 0 Å². The summed E-state index contributed by atoms with van der Waals surface area (Å²) in [5.74, 6) is 0. The zero-order valence-electron chi connectivity index (χ0n) is 8.11. The highest BCUT2D eigenvalue weighted by Gasteiger charge is 2.15. The molecule has 0 aliphatic heterocycles. The molecule has 0 N–H and O–H groups in total. The first-order valence-electron chi connectivity index (χ1n) is 4.60. The van der Waals surface area contributed by atoms with Crippen LogP contribution in [0.4, 0.5) is 0 Å². The summed E-state index contributed by atoms with van der Waals surface area (Å²) in [7, 11) is -1.20. The molecule has 0 nitrogen and oxygen atoms in total. The van der Waals surface area contributed by atoms with Gasteiger partial charge in [-0.15, -0.1) is 12.0 Å². The van der Waals surface area contributed by atoms with Gasteiger partial charge in [-0.3, -0.25) is 0 Å². The fraction of sp³-hybridized carbons (Fsp3) is 0.800. The Bertz CT molecular complexity index is 130. The molecule has 0 rings (SSSR count). The fourth-order valence-electron chi connectivity index (χ4n) is 1.07. The summed E-state index contributed by atoms with van der Waals surface area (Å²) in [6.45, 7) is 6.79. The van der Waals surface area contributed by atoms with Crippen LogP contribution in [0.3, 0.4) is 0 Å². The molecular formula is C10H20Si. The van der Waals surface area contributed by atoms with Crippen LogP contribution in [0.2, 0.25) is 19.1 Å². The number of unbranched alkanes of at least 4 members (excludes halogenated alkanes) is 3. The van der Waals surface area contributed by atoms with E-state index in [1.165, 1.54) is 31.7 Å². The summed E-state index contributed by atoms with van der Waals surface area (Å²) >= 11 is 0. The fourth-order valence-corrected chi connectivity index (χ4v) is 2.34. The van der Waals surface area contributed by atoms with Crippen LogP contribution >= 0.6 is 0 Å². The standard InChI is InChI=1S/C10H20Si/c1-5-7-8-9-10-11(3,4)6-2/h2H,5,7-10H2,1,3-4H3. The molecule has 0 aromatic carbocycles. The number of terminal acetylenes is 1. The average Bonchev–Trinajstić information content (AvgIpc) is 1.99. The lowest BCUT2D eigenvalue weighted by atomic mass is 10.2. The summed E-state index contributed by atoms with van der Waals surface area (Å²) in [6, 6.07) is 1.31. The van der Waals surface area contributed by atoms with Gasteiger partial charge in [-0.2, -0.15) is 0 Å². The van der Waals surface area contributed by atoms with Crippen molar-refractivity contribution in [3.8, 4) is 12.0 Å². The van der Waals surface area contributed by atoms with E-state index in [9.17, 15) is 0 Å². The van der Waals surface area contributed by atoms with Crippen LogP contribution in [-0.2, 0) is 0 Å². The minimum atomic E-state index is -1.20. The van der Waals surface area contributed by atoms with Gasteiger partial charge in [0, 0.05) is 0 Å². The lowest BCUT2D eigenvalue weighted by Gasteiger charge is -2.13. The molecule has 0 saturated carbocycles. The SMILES string of the molecule is C#C[Si](C)(C)CCCCCC. The number of hydrogen-bond acceptors (Lipinski definition) is 0. The maximum absolute atomic E-state index is 5.43. The first-order valence-corrected chi connectivity index (χ1v) is 7.81. The first-order chi connectivity index (χ1) is 5.12. The molecule has 1 heteroatoms. The minimum absolute atomic E-state index is 1.20. The summed E-state index contributed by atoms with van der Waals surface area (Å²) < 4.78 is 0. The second-order valence-electron chi connectivity index (χ2n) is 3.84. The third-order valence-electron chi connectivity index (χ3n) is 2.05. The van der Waals surface area contributed by atoms with E-state index in [1.807, 2.05) is 0 Å². The molecule has 0 spiro atoms. The van der Waals surface area contributed by atoms with Gasteiger partial charge in [-0.05, 0) is 6.04 Å². The predicted molar refractivity (Wildman–Crippen MR) is 55.3 cm³/mol. The molecule has 0 aromatic heterocycles. The predicted octanol–water partition coefficient (Wildman–Crippen LogP) is 3.45. The first kappa shape index (κ1) is 10.8. The van der Waals surface area contributed by atoms with Crippen LogP contribution in [0, 0.1) is 12.0 Å². The smallest absolute Gasteiger partial charge is 0.132 e. The van der Waals surface area contributed by atoms with E-state index >= 15 is 0 Å². The molecule has 0 atom stereocenters. The van der Waals surface area contributed by atoms with Gasteiger partial charge in [-0.1, -0.05) is 45.7 Å². The average molecular weight is 168 g/mol. The quantitative estimate of drug-likeness (QED) is 0.335. The molecule has 0 bridgehead atoms. The molecular weight excluding hydrogens is 148 g/mol. The molecule has 0 amide bonds. The lowest BCUT2D eigenvalue weighted by molar-refractivity contribution is 0.697. The Hall–Kier alpha value is -0.223. The molecule has 11 heavy (non-hydrogen) atoms. The van der Waals surface area contributed by atoms with Crippen LogP contribution in [0.1, 0.15) is 32.6 Å².